The van der Waals surface area contributed by atoms with Crippen molar-refractivity contribution in [3.8, 4) is 23.0 Å². The van der Waals surface area contributed by atoms with Gasteiger partial charge in [-0.25, -0.2) is 0 Å². The standard InChI is InChI=1S/C22H22N4O4/c1-28-20-9-17-18(10-21(20)29-2)25-8-7-19(17)30-16-5-3-15(4-6-16)26-22(27)14-11-23-13-24-12-14/h3-11,23-24H,12-13H2,1-2H3,(H,26,27). The van der Waals surface area contributed by atoms with Gasteiger partial charge in [-0.15, -0.1) is 0 Å². The number of hydrogen-bond donors (Lipinski definition) is 3. The molecular formula is C22H22N4O4. The first kappa shape index (κ1) is 19.5. The van der Waals surface area contributed by atoms with Crippen LogP contribution < -0.4 is 30.2 Å². The van der Waals surface area contributed by atoms with Crippen molar-refractivity contribution in [1.29, 1.82) is 0 Å². The number of fused-ring (bicyclic) bond motifs is 1. The molecule has 1 aliphatic heterocycles. The zero-order chi connectivity index (χ0) is 20.9. The molecule has 2 heterocycles. The quantitative estimate of drug-likeness (QED) is 0.579. The normalized spacial score (nSPS) is 13.2. The van der Waals surface area contributed by atoms with E-state index in [-0.39, 0.29) is 5.91 Å². The molecule has 1 aromatic heterocycles. The number of ether oxygens (including phenoxy) is 3. The topological polar surface area (TPSA) is 93.7 Å². The van der Waals surface area contributed by atoms with E-state index in [1.807, 2.05) is 12.1 Å². The minimum Gasteiger partial charge on any atom is -0.493 e. The highest BCUT2D eigenvalue weighted by atomic mass is 16.5. The van der Waals surface area contributed by atoms with Crippen LogP contribution in [-0.2, 0) is 4.79 Å². The second-order valence-electron chi connectivity index (χ2n) is 6.59. The Morgan fingerprint density at radius 2 is 1.80 bits per heavy atom. The molecule has 0 fully saturated rings. The molecular weight excluding hydrogens is 384 g/mol. The van der Waals surface area contributed by atoms with Crippen LogP contribution in [0.2, 0.25) is 0 Å². The lowest BCUT2D eigenvalue weighted by Crippen LogP contribution is -2.36. The molecule has 0 saturated heterocycles. The maximum absolute atomic E-state index is 12.3. The van der Waals surface area contributed by atoms with Crippen LogP contribution in [0.1, 0.15) is 0 Å². The highest BCUT2D eigenvalue weighted by molar-refractivity contribution is 6.04. The van der Waals surface area contributed by atoms with Gasteiger partial charge in [-0.2, -0.15) is 0 Å². The second-order valence-corrected chi connectivity index (χ2v) is 6.59. The van der Waals surface area contributed by atoms with E-state index >= 15 is 0 Å². The third-order valence-corrected chi connectivity index (χ3v) is 4.66. The molecule has 4 rings (SSSR count). The summed E-state index contributed by atoms with van der Waals surface area (Å²) < 4.78 is 16.8. The summed E-state index contributed by atoms with van der Waals surface area (Å²) >= 11 is 0. The molecule has 2 aromatic carbocycles. The smallest absolute Gasteiger partial charge is 0.254 e. The van der Waals surface area contributed by atoms with Crippen LogP contribution in [0.5, 0.6) is 23.0 Å². The molecule has 0 atom stereocenters. The van der Waals surface area contributed by atoms with Gasteiger partial charge >= 0.3 is 0 Å². The molecule has 0 unspecified atom stereocenters. The number of benzene rings is 2. The number of nitrogens with zero attached hydrogens (tertiary/aromatic N) is 1. The number of aromatic nitrogens is 1. The Bertz CT molecular complexity index is 1100. The van der Waals surface area contributed by atoms with Crippen LogP contribution in [0.25, 0.3) is 10.9 Å². The van der Waals surface area contributed by atoms with Gasteiger partial charge in [-0.1, -0.05) is 0 Å². The fourth-order valence-electron chi connectivity index (χ4n) is 3.12. The van der Waals surface area contributed by atoms with E-state index < -0.39 is 0 Å². The molecule has 0 aliphatic carbocycles. The number of anilines is 1. The van der Waals surface area contributed by atoms with Crippen LogP contribution in [0, 0.1) is 0 Å². The van der Waals surface area contributed by atoms with Crippen molar-refractivity contribution in [1.82, 2.24) is 15.6 Å². The number of pyridine rings is 1. The first-order chi connectivity index (χ1) is 14.7. The van der Waals surface area contributed by atoms with E-state index in [2.05, 4.69) is 20.9 Å². The zero-order valence-electron chi connectivity index (χ0n) is 16.7. The summed E-state index contributed by atoms with van der Waals surface area (Å²) in [5.41, 5.74) is 2.07. The molecule has 0 radical (unpaired) electrons. The van der Waals surface area contributed by atoms with Gasteiger partial charge in [0.1, 0.15) is 11.5 Å². The van der Waals surface area contributed by atoms with Gasteiger partial charge in [0.2, 0.25) is 0 Å². The maximum atomic E-state index is 12.3. The summed E-state index contributed by atoms with van der Waals surface area (Å²) in [6, 6.07) is 12.6. The Balaban J connectivity index is 1.52. The number of amides is 1. The molecule has 0 spiro atoms. The van der Waals surface area contributed by atoms with Gasteiger partial charge < -0.3 is 24.8 Å². The summed E-state index contributed by atoms with van der Waals surface area (Å²) in [5.74, 6) is 2.33. The Morgan fingerprint density at radius 3 is 2.50 bits per heavy atom. The van der Waals surface area contributed by atoms with Gasteiger partial charge in [-0.3, -0.25) is 15.1 Å². The van der Waals surface area contributed by atoms with Crippen molar-refractivity contribution in [2.45, 2.75) is 0 Å². The number of methoxy groups -OCH3 is 2. The summed E-state index contributed by atoms with van der Waals surface area (Å²) in [6.07, 6.45) is 3.40. The number of carbonyl (C=O) groups excluding carboxylic acids is 1. The van der Waals surface area contributed by atoms with Gasteiger partial charge in [0.15, 0.2) is 11.5 Å². The molecule has 8 nitrogen and oxygen atoms in total. The van der Waals surface area contributed by atoms with Crippen LogP contribution in [0.3, 0.4) is 0 Å². The predicted octanol–water partition coefficient (Wildman–Crippen LogP) is 3.02. The molecule has 0 saturated carbocycles. The first-order valence-electron chi connectivity index (χ1n) is 9.41. The largest absolute Gasteiger partial charge is 0.493 e. The molecule has 3 N–H and O–H groups in total. The van der Waals surface area contributed by atoms with Gasteiger partial charge in [0, 0.05) is 41.7 Å². The van der Waals surface area contributed by atoms with E-state index in [9.17, 15) is 4.79 Å². The van der Waals surface area contributed by atoms with E-state index in [1.54, 1.807) is 56.9 Å². The van der Waals surface area contributed by atoms with Crippen molar-refractivity contribution < 1.29 is 19.0 Å². The minimum absolute atomic E-state index is 0.149. The van der Waals surface area contributed by atoms with Crippen LogP contribution >= 0.6 is 0 Å². The number of nitrogens with one attached hydrogen (secondary N) is 3. The third kappa shape index (κ3) is 4.13. The van der Waals surface area contributed by atoms with Gasteiger partial charge in [-0.05, 0) is 36.4 Å². The SMILES string of the molecule is COc1cc2nccc(Oc3ccc(NC(=O)C4=CNCNC4)cc3)c2cc1OC. The van der Waals surface area contributed by atoms with Gasteiger partial charge in [0.05, 0.1) is 26.4 Å². The van der Waals surface area contributed by atoms with Crippen molar-refractivity contribution in [2.75, 3.05) is 32.7 Å². The Labute approximate surface area is 173 Å². The van der Waals surface area contributed by atoms with Crippen molar-refractivity contribution in [3.63, 3.8) is 0 Å². The molecule has 0 bridgehead atoms. The van der Waals surface area contributed by atoms with Crippen molar-refractivity contribution in [3.05, 3.63) is 60.4 Å². The molecule has 3 aromatic rings. The summed E-state index contributed by atoms with van der Waals surface area (Å²) in [4.78, 5) is 16.7. The Hall–Kier alpha value is -3.78. The average molecular weight is 406 g/mol. The Kier molecular flexibility index (Phi) is 5.67. The molecule has 1 amide bonds. The van der Waals surface area contributed by atoms with Crippen LogP contribution in [0.4, 0.5) is 5.69 Å². The summed E-state index contributed by atoms with van der Waals surface area (Å²) in [7, 11) is 3.17. The Morgan fingerprint density at radius 1 is 1.03 bits per heavy atom. The summed E-state index contributed by atoms with van der Waals surface area (Å²) in [6.45, 7) is 1.19. The van der Waals surface area contributed by atoms with Crippen molar-refractivity contribution in [2.24, 2.45) is 0 Å². The lowest BCUT2D eigenvalue weighted by Gasteiger charge is -2.15. The van der Waals surface area contributed by atoms with E-state index in [0.29, 0.717) is 47.5 Å². The fraction of sp³-hybridized carbons (Fsp3) is 0.182. The van der Waals surface area contributed by atoms with Gasteiger partial charge in [0.25, 0.3) is 5.91 Å². The zero-order valence-corrected chi connectivity index (χ0v) is 16.7. The minimum atomic E-state index is -0.149. The highest BCUT2D eigenvalue weighted by Gasteiger charge is 2.13. The molecule has 154 valence electrons. The lowest BCUT2D eigenvalue weighted by molar-refractivity contribution is -0.113. The van der Waals surface area contributed by atoms with E-state index in [0.717, 1.165) is 10.9 Å². The van der Waals surface area contributed by atoms with Crippen molar-refractivity contribution >= 4 is 22.5 Å². The van der Waals surface area contributed by atoms with E-state index in [1.165, 1.54) is 0 Å². The monoisotopic (exact) mass is 406 g/mol. The molecule has 8 heteroatoms. The average Bonchev–Trinajstić information content (AvgIpc) is 2.80. The predicted molar refractivity (Wildman–Crippen MR) is 114 cm³/mol. The van der Waals surface area contributed by atoms with Crippen LogP contribution in [0.15, 0.2) is 60.4 Å². The number of carbonyl (C=O) groups is 1. The molecule has 30 heavy (non-hydrogen) atoms. The maximum Gasteiger partial charge on any atom is 0.254 e. The van der Waals surface area contributed by atoms with Crippen LogP contribution in [-0.4, -0.2) is 38.3 Å². The fourth-order valence-corrected chi connectivity index (χ4v) is 3.12. The third-order valence-electron chi connectivity index (χ3n) is 4.66. The highest BCUT2D eigenvalue weighted by Crippen LogP contribution is 2.36. The second kappa shape index (κ2) is 8.71. The van der Waals surface area contributed by atoms with E-state index in [4.69, 9.17) is 14.2 Å². The molecule has 1 aliphatic rings. The summed E-state index contributed by atoms with van der Waals surface area (Å²) in [5, 5.41) is 9.76. The first-order valence-corrected chi connectivity index (χ1v) is 9.41. The number of rotatable bonds is 6. The lowest BCUT2D eigenvalue weighted by atomic mass is 10.2. The number of hydrogen-bond acceptors (Lipinski definition) is 7.